The van der Waals surface area contributed by atoms with Crippen LogP contribution in [0.1, 0.15) is 272 Å². The molecule has 0 aliphatic heterocycles. The second-order valence-electron chi connectivity index (χ2n) is 17.2. The van der Waals surface area contributed by atoms with Gasteiger partial charge in [0.25, 0.3) is 0 Å². The molecule has 0 aromatic carbocycles. The fraction of sp³-hybridized carbons (Fsp3) is 0.939. The van der Waals surface area contributed by atoms with E-state index in [0.29, 0.717) is 19.3 Å². The Morgan fingerprint density at radius 2 is 0.600 bits per heavy atom. The number of hydrogen-bond acceptors (Lipinski definition) is 6. The molecular formula is C49H94O6. The van der Waals surface area contributed by atoms with Crippen LogP contribution in [0, 0.1) is 5.92 Å². The average Bonchev–Trinajstić information content (AvgIpc) is 3.17. The van der Waals surface area contributed by atoms with Gasteiger partial charge in [0.1, 0.15) is 13.2 Å². The van der Waals surface area contributed by atoms with Crippen molar-refractivity contribution in [2.75, 3.05) is 13.2 Å². The maximum absolute atomic E-state index is 12.5. The van der Waals surface area contributed by atoms with E-state index in [0.717, 1.165) is 70.1 Å². The molecule has 0 aliphatic rings. The third kappa shape index (κ3) is 43.4. The lowest BCUT2D eigenvalue weighted by atomic mass is 10.0. The van der Waals surface area contributed by atoms with Gasteiger partial charge < -0.3 is 14.2 Å². The maximum Gasteiger partial charge on any atom is 0.306 e. The summed E-state index contributed by atoms with van der Waals surface area (Å²) in [4.78, 5) is 37.5. The molecule has 0 bridgehead atoms. The zero-order valence-electron chi connectivity index (χ0n) is 37.4. The quantitative estimate of drug-likeness (QED) is 0.0348. The Hall–Kier alpha value is -1.59. The minimum Gasteiger partial charge on any atom is -0.462 e. The molecule has 0 heterocycles. The Labute approximate surface area is 342 Å². The van der Waals surface area contributed by atoms with E-state index in [9.17, 15) is 14.4 Å². The van der Waals surface area contributed by atoms with Crippen molar-refractivity contribution in [2.45, 2.75) is 278 Å². The first-order valence-electron chi connectivity index (χ1n) is 24.4. The van der Waals surface area contributed by atoms with E-state index in [2.05, 4.69) is 27.7 Å². The van der Waals surface area contributed by atoms with Gasteiger partial charge >= 0.3 is 17.9 Å². The summed E-state index contributed by atoms with van der Waals surface area (Å²) in [6.45, 7) is 8.94. The minimum absolute atomic E-state index is 0.0646. The number of carbonyl (C=O) groups is 3. The highest BCUT2D eigenvalue weighted by Gasteiger charge is 2.19. The second-order valence-corrected chi connectivity index (χ2v) is 17.2. The van der Waals surface area contributed by atoms with Gasteiger partial charge in [-0.05, 0) is 25.2 Å². The lowest BCUT2D eigenvalue weighted by Crippen LogP contribution is -2.30. The van der Waals surface area contributed by atoms with E-state index in [4.69, 9.17) is 14.2 Å². The lowest BCUT2D eigenvalue weighted by Gasteiger charge is -2.18. The minimum atomic E-state index is -0.758. The smallest absolute Gasteiger partial charge is 0.306 e. The van der Waals surface area contributed by atoms with Crippen LogP contribution < -0.4 is 0 Å². The Balaban J connectivity index is 4.09. The average molecular weight is 779 g/mol. The highest BCUT2D eigenvalue weighted by atomic mass is 16.6. The molecule has 326 valence electrons. The van der Waals surface area contributed by atoms with Gasteiger partial charge in [0.2, 0.25) is 0 Å². The van der Waals surface area contributed by atoms with E-state index >= 15 is 0 Å². The summed E-state index contributed by atoms with van der Waals surface area (Å²) >= 11 is 0. The van der Waals surface area contributed by atoms with E-state index in [-0.39, 0.29) is 31.1 Å². The molecule has 0 aromatic heterocycles. The Morgan fingerprint density at radius 1 is 0.345 bits per heavy atom. The zero-order valence-corrected chi connectivity index (χ0v) is 37.4. The van der Waals surface area contributed by atoms with E-state index in [1.54, 1.807) is 0 Å². The summed E-state index contributed by atoms with van der Waals surface area (Å²) < 4.78 is 16.6. The van der Waals surface area contributed by atoms with E-state index in [1.165, 1.54) is 161 Å². The summed E-state index contributed by atoms with van der Waals surface area (Å²) in [5, 5.41) is 0. The normalized spacial score (nSPS) is 11.9. The Kier molecular flexibility index (Phi) is 42.3. The van der Waals surface area contributed by atoms with E-state index in [1.807, 2.05) is 0 Å². The Morgan fingerprint density at radius 3 is 0.891 bits per heavy atom. The van der Waals surface area contributed by atoms with Crippen LogP contribution in [0.15, 0.2) is 0 Å². The topological polar surface area (TPSA) is 78.9 Å². The fourth-order valence-electron chi connectivity index (χ4n) is 7.33. The molecule has 0 aliphatic carbocycles. The predicted molar refractivity (Wildman–Crippen MR) is 233 cm³/mol. The Bertz CT molecular complexity index is 826. The summed E-state index contributed by atoms with van der Waals surface area (Å²) in [7, 11) is 0. The zero-order chi connectivity index (χ0) is 40.3. The summed E-state index contributed by atoms with van der Waals surface area (Å²) in [6.07, 6.45) is 44.1. The van der Waals surface area contributed by atoms with Crippen LogP contribution in [0.4, 0.5) is 0 Å². The molecule has 0 fully saturated rings. The van der Waals surface area contributed by atoms with Gasteiger partial charge in [0.15, 0.2) is 6.10 Å². The van der Waals surface area contributed by atoms with Crippen molar-refractivity contribution in [1.29, 1.82) is 0 Å². The SMILES string of the molecule is CCCCCCCCCCCCCCCCCCC(=O)OC[C@H](COC(=O)CCCCCCCCCCCCCCCC(C)C)OC(=O)CCCCCCC. The molecular weight excluding hydrogens is 685 g/mol. The fourth-order valence-corrected chi connectivity index (χ4v) is 7.33. The van der Waals surface area contributed by atoms with Gasteiger partial charge in [-0.25, -0.2) is 0 Å². The van der Waals surface area contributed by atoms with Gasteiger partial charge in [-0.2, -0.15) is 0 Å². The number of unbranched alkanes of at least 4 members (excludes halogenated alkanes) is 31. The molecule has 0 spiro atoms. The van der Waals surface area contributed by atoms with Crippen LogP contribution >= 0.6 is 0 Å². The highest BCUT2D eigenvalue weighted by Crippen LogP contribution is 2.17. The first-order valence-corrected chi connectivity index (χ1v) is 24.4. The van der Waals surface area contributed by atoms with Gasteiger partial charge in [-0.3, -0.25) is 14.4 Å². The van der Waals surface area contributed by atoms with Crippen molar-refractivity contribution in [3.8, 4) is 0 Å². The third-order valence-electron chi connectivity index (χ3n) is 11.0. The van der Waals surface area contributed by atoms with E-state index < -0.39 is 6.10 Å². The molecule has 0 saturated carbocycles. The molecule has 6 heteroatoms. The molecule has 6 nitrogen and oxygen atoms in total. The number of esters is 3. The summed E-state index contributed by atoms with van der Waals surface area (Å²) in [5.41, 5.74) is 0. The van der Waals surface area contributed by atoms with Crippen molar-refractivity contribution in [2.24, 2.45) is 5.92 Å². The van der Waals surface area contributed by atoms with Gasteiger partial charge in [0, 0.05) is 19.3 Å². The maximum atomic E-state index is 12.5. The predicted octanol–water partition coefficient (Wildman–Crippen LogP) is 15.5. The molecule has 0 amide bonds. The highest BCUT2D eigenvalue weighted by molar-refractivity contribution is 5.71. The van der Waals surface area contributed by atoms with Crippen molar-refractivity contribution in [3.63, 3.8) is 0 Å². The second kappa shape index (κ2) is 43.5. The molecule has 0 unspecified atom stereocenters. The molecule has 1 atom stereocenters. The summed E-state index contributed by atoms with van der Waals surface area (Å²) in [5.74, 6) is -0.0238. The van der Waals surface area contributed by atoms with Crippen molar-refractivity contribution in [1.82, 2.24) is 0 Å². The van der Waals surface area contributed by atoms with Crippen molar-refractivity contribution >= 4 is 17.9 Å². The van der Waals surface area contributed by atoms with Crippen LogP contribution in [-0.2, 0) is 28.6 Å². The third-order valence-corrected chi connectivity index (χ3v) is 11.0. The van der Waals surface area contributed by atoms with Crippen molar-refractivity contribution < 1.29 is 28.6 Å². The van der Waals surface area contributed by atoms with Crippen LogP contribution in [0.25, 0.3) is 0 Å². The molecule has 0 rings (SSSR count). The van der Waals surface area contributed by atoms with Crippen LogP contribution in [0.5, 0.6) is 0 Å². The van der Waals surface area contributed by atoms with Crippen LogP contribution in [0.3, 0.4) is 0 Å². The van der Waals surface area contributed by atoms with Gasteiger partial charge in [0.05, 0.1) is 0 Å². The molecule has 0 radical (unpaired) electrons. The molecule has 0 N–H and O–H groups in total. The molecule has 55 heavy (non-hydrogen) atoms. The van der Waals surface area contributed by atoms with Crippen LogP contribution in [0.2, 0.25) is 0 Å². The number of hydrogen-bond donors (Lipinski definition) is 0. The lowest BCUT2D eigenvalue weighted by molar-refractivity contribution is -0.167. The van der Waals surface area contributed by atoms with Gasteiger partial charge in [-0.1, -0.05) is 233 Å². The molecule has 0 saturated heterocycles. The summed E-state index contributed by atoms with van der Waals surface area (Å²) in [6, 6.07) is 0. The van der Waals surface area contributed by atoms with Crippen molar-refractivity contribution in [3.05, 3.63) is 0 Å². The number of ether oxygens (including phenoxy) is 3. The number of carbonyl (C=O) groups excluding carboxylic acids is 3. The standard InChI is InChI=1S/C49H94O6/c1-5-7-9-11-12-13-14-15-16-17-20-23-26-29-33-36-40-47(50)53-43-46(55-49(52)42-38-31-10-8-6-2)44-54-48(51)41-37-34-30-27-24-21-18-19-22-25-28-32-35-39-45(3)4/h45-46H,5-44H2,1-4H3/t46-/m1/s1. The monoisotopic (exact) mass is 779 g/mol. The van der Waals surface area contributed by atoms with Crippen LogP contribution in [-0.4, -0.2) is 37.2 Å². The molecule has 0 aromatic rings. The van der Waals surface area contributed by atoms with Gasteiger partial charge in [-0.15, -0.1) is 0 Å². The number of rotatable bonds is 44. The first kappa shape index (κ1) is 53.4. The first-order chi connectivity index (χ1) is 26.9. The largest absolute Gasteiger partial charge is 0.462 e.